The molecule has 0 saturated heterocycles. The van der Waals surface area contributed by atoms with Crippen molar-refractivity contribution in [1.82, 2.24) is 0 Å². The number of benzene rings is 6. The molecule has 0 atom stereocenters. The summed E-state index contributed by atoms with van der Waals surface area (Å²) in [7, 11) is 0. The summed E-state index contributed by atoms with van der Waals surface area (Å²) in [6, 6.07) is 52.4. The van der Waals surface area contributed by atoms with Crippen molar-refractivity contribution < 1.29 is 50.0 Å². The summed E-state index contributed by atoms with van der Waals surface area (Å²) in [4.78, 5) is 3.23. The molecule has 132 heavy (non-hydrogen) atoms. The Balaban J connectivity index is 0.00000165. The minimum absolute atomic E-state index is 0. The maximum Gasteiger partial charge on any atom is 2.00 e. The topological polar surface area (TPSA) is 87.0 Å². The molecule has 0 unspecified atom stereocenters. The fourth-order valence-corrected chi connectivity index (χ4v) is 18.0. The summed E-state index contributed by atoms with van der Waals surface area (Å²) in [5.41, 5.74) is 54.9. The Labute approximate surface area is 836 Å². The average Bonchev–Trinajstić information content (AvgIpc) is 1.64. The monoisotopic (exact) mass is 1880 g/mol. The second-order valence-corrected chi connectivity index (χ2v) is 38.1. The third kappa shape index (κ3) is 52.6. The predicted octanol–water partition coefficient (Wildman–Crippen LogP) is 40.5. The van der Waals surface area contributed by atoms with Crippen LogP contribution in [-0.2, 0) is 71.5 Å². The van der Waals surface area contributed by atoms with Crippen LogP contribution < -0.4 is 0 Å². The van der Waals surface area contributed by atoms with Gasteiger partial charge in [0.1, 0.15) is 0 Å². The molecule has 2 aliphatic rings. The molecule has 2 heterocycles. The van der Waals surface area contributed by atoms with Crippen LogP contribution >= 0.6 is 0 Å². The van der Waals surface area contributed by atoms with Crippen molar-refractivity contribution in [3.63, 3.8) is 0 Å². The van der Waals surface area contributed by atoms with E-state index in [1.54, 1.807) is 0 Å². The minimum atomic E-state index is 0. The van der Waals surface area contributed by atoms with E-state index >= 15 is 0 Å². The van der Waals surface area contributed by atoms with E-state index in [-0.39, 0.29) is 35.8 Å². The number of aryl methyl sites for hydroxylation is 6. The number of nitrogens with zero attached hydrogens (tertiary/aromatic N) is 6. The summed E-state index contributed by atoms with van der Waals surface area (Å²) >= 11 is 0. The summed E-state index contributed by atoms with van der Waals surface area (Å²) in [6.07, 6.45) is 87.3. The Morgan fingerprint density at radius 2 is 0.561 bits per heavy atom. The van der Waals surface area contributed by atoms with Crippen LogP contribution in [0.15, 0.2) is 180 Å². The normalized spacial score (nSPS) is 12.3. The third-order valence-electron chi connectivity index (χ3n) is 26.3. The van der Waals surface area contributed by atoms with Crippen LogP contribution in [0.1, 0.15) is 512 Å². The number of allylic oxidation sites excluding steroid dienone is 6. The first kappa shape index (κ1) is 121. The zero-order valence-corrected chi connectivity index (χ0v) is 88.6. The smallest absolute Gasteiger partial charge is 1.00 e. The average molecular weight is 1880 g/mol. The van der Waals surface area contributed by atoms with Crippen molar-refractivity contribution in [2.45, 2.75) is 481 Å². The van der Waals surface area contributed by atoms with Gasteiger partial charge in [-0.25, -0.2) is 9.39 Å². The molecule has 738 valence electrons. The van der Waals surface area contributed by atoms with Crippen molar-refractivity contribution in [2.24, 2.45) is 0 Å². The molecule has 0 bridgehead atoms. The summed E-state index contributed by atoms with van der Waals surface area (Å²) < 4.78 is 2.71. The molecule has 6 aromatic rings. The van der Waals surface area contributed by atoms with Crippen LogP contribution in [0.2, 0.25) is 0 Å². The van der Waals surface area contributed by atoms with Gasteiger partial charge in [0, 0.05) is 45.6 Å². The van der Waals surface area contributed by atoms with Gasteiger partial charge in [0.25, 0.3) is 0 Å². The second-order valence-electron chi connectivity index (χ2n) is 38.1. The van der Waals surface area contributed by atoms with Gasteiger partial charge < -0.3 is 33.3 Å². The molecule has 0 N–H and O–H groups in total. The first-order valence-electron chi connectivity index (χ1n) is 54.4. The molecule has 0 aromatic heterocycles. The maximum atomic E-state index is 10.9. The third-order valence-corrected chi connectivity index (χ3v) is 26.3. The first-order valence-corrected chi connectivity index (χ1v) is 54.4. The van der Waals surface area contributed by atoms with Gasteiger partial charge in [-0.2, -0.15) is 12.8 Å². The molecule has 2 aliphatic heterocycles. The van der Waals surface area contributed by atoms with Gasteiger partial charge in [-0.05, 0) is 215 Å². The molecular formula is C124H192N6Ni2. The second kappa shape index (κ2) is 81.5. The van der Waals surface area contributed by atoms with Crippen LogP contribution in [0.5, 0.6) is 0 Å². The van der Waals surface area contributed by atoms with E-state index in [9.17, 15) is 16.6 Å². The molecule has 8 rings (SSSR count). The number of unbranched alkanes of at least 4 members (excludes halogenated alkanes) is 46. The van der Waals surface area contributed by atoms with E-state index < -0.39 is 0 Å². The van der Waals surface area contributed by atoms with Gasteiger partial charge in [-0.15, -0.1) is 4.79 Å². The van der Waals surface area contributed by atoms with E-state index in [1.807, 2.05) is 6.92 Å². The molecule has 0 amide bonds. The van der Waals surface area contributed by atoms with Crippen LogP contribution in [0, 0.1) is 13.8 Å². The minimum Gasteiger partial charge on any atom is -1.00 e. The zero-order chi connectivity index (χ0) is 93.9. The summed E-state index contributed by atoms with van der Waals surface area (Å²) in [6.45, 7) is 34.1. The van der Waals surface area contributed by atoms with E-state index in [2.05, 4.69) is 258 Å². The van der Waals surface area contributed by atoms with E-state index in [4.69, 9.17) is 0 Å². The largest absolute Gasteiger partial charge is 2.00 e. The molecule has 0 radical (unpaired) electrons. The zero-order valence-electron chi connectivity index (χ0n) is 88.6. The molecule has 0 fully saturated rings. The van der Waals surface area contributed by atoms with Crippen LogP contribution in [0.3, 0.4) is 0 Å². The summed E-state index contributed by atoms with van der Waals surface area (Å²) in [5.74, 6) is 2.81. The van der Waals surface area contributed by atoms with Crippen LogP contribution in [0.4, 0.5) is 0 Å². The number of hydrogen-bond donors (Lipinski definition) is 0. The molecule has 6 nitrogen and oxygen atoms in total. The van der Waals surface area contributed by atoms with Crippen LogP contribution in [0.25, 0.3) is 45.0 Å². The van der Waals surface area contributed by atoms with Gasteiger partial charge >= 0.3 is 38.9 Å². The molecule has 8 heteroatoms. The van der Waals surface area contributed by atoms with E-state index in [1.165, 1.54) is 393 Å². The standard InChI is InChI=1S/C30H40N2.2C25H30N2.2C22H45.2Ni.2H/c1-5-8-11-14-26-15-12-16-28(22-26)30(29(17-10-7-3)24(4)23-32-31)27-20-18-25(19-21-27)13-9-6-2;2*1-4-6-9-20-13-15-22(16-14-20)25-19(3)17-24(27(25)26)23-12-8-11-21(18-23)10-7-5-2;2*1-3-5-7-9-11-13-15-17-19-21-22-20-18-16-14-12-10-8-6-4-2;;;;/h12,15-16,18-22H,5-11,13-14,17H2,1-4H3;2*8,11-18H,4-7,9-10H2,1-3H3;2*1,3-22H2,2H3;;;;/q;;;2*-1;2*+2;2*-1. The Morgan fingerprint density at radius 3 is 0.864 bits per heavy atom. The number of rotatable bonds is 67. The predicted molar refractivity (Wildman–Crippen MR) is 576 cm³/mol. The van der Waals surface area contributed by atoms with Gasteiger partial charge in [0.15, 0.2) is 0 Å². The Kier molecular flexibility index (Phi) is 75.0. The van der Waals surface area contributed by atoms with Crippen molar-refractivity contribution in [3.05, 3.63) is 277 Å². The molecule has 0 spiro atoms. The Bertz CT molecular complexity index is 3980. The van der Waals surface area contributed by atoms with Gasteiger partial charge in [-0.1, -0.05) is 455 Å². The number of hydrogen-bond acceptors (Lipinski definition) is 0. The maximum absolute atomic E-state index is 10.9. The van der Waals surface area contributed by atoms with Crippen molar-refractivity contribution in [2.75, 3.05) is 0 Å². The molecular weight excluding hydrogens is 1690 g/mol. The van der Waals surface area contributed by atoms with Crippen LogP contribution in [-0.4, -0.2) is 20.1 Å². The molecule has 0 aliphatic carbocycles. The SMILES string of the molecule is CCCCCc1cccc(C(=C(CCCC)C(C)=C=[N+]=[N-])c2ccc(CCCC)cc2)c1.CCCCc1ccc(C2=C(C)C=C(c3cccc(CCCC)c3)[N+]2=[N-])cc1.CCCCc1ccc(C2=C(C)C=C(c3cccc(CCCC)c3)[N+]2=[N-])cc1.[CH2-]CCCCCCCCCCCCCCCCCCCCC.[CH2-]CCCCCCCCCCCCCCCCCCCCC.[H-].[H-].[Ni+2].[Ni+2]. The van der Waals surface area contributed by atoms with Gasteiger partial charge in [0.05, 0.1) is 5.57 Å². The molecule has 0 saturated carbocycles. The summed E-state index contributed by atoms with van der Waals surface area (Å²) in [5, 5.41) is 0. The van der Waals surface area contributed by atoms with Crippen molar-refractivity contribution in [3.8, 4) is 0 Å². The van der Waals surface area contributed by atoms with Gasteiger partial charge in [0.2, 0.25) is 22.8 Å². The fraction of sp³-hybridized carbons (Fsp3) is 0.597. The van der Waals surface area contributed by atoms with E-state index in [0.29, 0.717) is 0 Å². The van der Waals surface area contributed by atoms with E-state index in [0.717, 1.165) is 132 Å². The van der Waals surface area contributed by atoms with Gasteiger partial charge in [-0.3, -0.25) is 0 Å². The van der Waals surface area contributed by atoms with Crippen molar-refractivity contribution >= 4 is 34.2 Å². The Hall–Kier alpha value is -6.63. The quantitative estimate of drug-likeness (QED) is 0.00532. The first-order chi connectivity index (χ1) is 63.7. The molecule has 6 aromatic carbocycles. The fourth-order valence-electron chi connectivity index (χ4n) is 18.0. The van der Waals surface area contributed by atoms with Crippen molar-refractivity contribution in [1.29, 1.82) is 0 Å². The Morgan fingerprint density at radius 1 is 0.295 bits per heavy atom.